The number of amides is 1. The molecule has 1 aromatic carbocycles. The Kier molecular flexibility index (Phi) is 7.40. The van der Waals surface area contributed by atoms with Crippen LogP contribution in [0, 0.1) is 5.92 Å². The second kappa shape index (κ2) is 10.0. The van der Waals surface area contributed by atoms with Gasteiger partial charge in [0, 0.05) is 37.2 Å². The summed E-state index contributed by atoms with van der Waals surface area (Å²) >= 11 is 0. The van der Waals surface area contributed by atoms with E-state index in [1.54, 1.807) is 0 Å². The molecule has 0 radical (unpaired) electrons. The summed E-state index contributed by atoms with van der Waals surface area (Å²) in [5.41, 5.74) is 3.55. The number of nitrogens with zero attached hydrogens (tertiary/aromatic N) is 2. The molecule has 1 amide bonds. The van der Waals surface area contributed by atoms with Crippen LogP contribution in [0.2, 0.25) is 0 Å². The molecular weight excluding hydrogens is 405 g/mol. The average Bonchev–Trinajstić information content (AvgIpc) is 3.24. The fourth-order valence-electron chi connectivity index (χ4n) is 2.76. The zero-order valence-electron chi connectivity index (χ0n) is 16.4. The third-order valence-electron chi connectivity index (χ3n) is 4.47. The van der Waals surface area contributed by atoms with Crippen molar-refractivity contribution in [2.24, 2.45) is 5.92 Å². The molecule has 2 aromatic rings. The Morgan fingerprint density at radius 1 is 1.27 bits per heavy atom. The lowest BCUT2D eigenvalue weighted by Gasteiger charge is -2.23. The Labute approximate surface area is 171 Å². The standard InChI is InChI=1S/C19H23F3N4O4/c1-12(11-24-29-15-4-2-3-9-28-15)10-23-17(27)14-7-5-13(6-8-14)16-25-18(30-26-16)19(20,21)22/h5-8,12,15,24H,2-4,9-11H2,1H3,(H,23,27). The Morgan fingerprint density at radius 2 is 2.03 bits per heavy atom. The summed E-state index contributed by atoms with van der Waals surface area (Å²) in [7, 11) is 0. The summed E-state index contributed by atoms with van der Waals surface area (Å²) in [6, 6.07) is 5.90. The zero-order chi connectivity index (χ0) is 21.6. The smallest absolute Gasteiger partial charge is 0.352 e. The van der Waals surface area contributed by atoms with Gasteiger partial charge in [0.05, 0.1) is 0 Å². The number of rotatable bonds is 8. The minimum absolute atomic E-state index is 0.108. The van der Waals surface area contributed by atoms with E-state index in [4.69, 9.17) is 9.57 Å². The molecule has 1 aliphatic rings. The fourth-order valence-corrected chi connectivity index (χ4v) is 2.76. The lowest BCUT2D eigenvalue weighted by Crippen LogP contribution is -2.36. The van der Waals surface area contributed by atoms with E-state index < -0.39 is 12.1 Å². The van der Waals surface area contributed by atoms with Crippen LogP contribution in [0.5, 0.6) is 0 Å². The van der Waals surface area contributed by atoms with Gasteiger partial charge < -0.3 is 14.6 Å². The minimum Gasteiger partial charge on any atom is -0.352 e. The van der Waals surface area contributed by atoms with Crippen LogP contribution < -0.4 is 10.8 Å². The molecule has 8 nitrogen and oxygen atoms in total. The van der Waals surface area contributed by atoms with Gasteiger partial charge in [0.15, 0.2) is 6.29 Å². The molecule has 1 aromatic heterocycles. The van der Waals surface area contributed by atoms with Crippen molar-refractivity contribution < 1.29 is 32.1 Å². The SMILES string of the molecule is CC(CNOC1CCCCO1)CNC(=O)c1ccc(-c2noc(C(F)(F)F)n2)cc1. The van der Waals surface area contributed by atoms with Crippen LogP contribution in [-0.2, 0) is 15.8 Å². The number of carbonyl (C=O) groups is 1. The van der Waals surface area contributed by atoms with E-state index in [9.17, 15) is 18.0 Å². The molecule has 3 rings (SSSR count). The first-order valence-electron chi connectivity index (χ1n) is 9.62. The van der Waals surface area contributed by atoms with Crippen LogP contribution in [0.4, 0.5) is 13.2 Å². The van der Waals surface area contributed by atoms with Crippen LogP contribution in [0.25, 0.3) is 11.4 Å². The van der Waals surface area contributed by atoms with E-state index >= 15 is 0 Å². The quantitative estimate of drug-likeness (QED) is 0.623. The van der Waals surface area contributed by atoms with Crippen molar-refractivity contribution in [1.82, 2.24) is 20.9 Å². The van der Waals surface area contributed by atoms with Crippen molar-refractivity contribution in [1.29, 1.82) is 0 Å². The predicted octanol–water partition coefficient (Wildman–Crippen LogP) is 3.17. The zero-order valence-corrected chi connectivity index (χ0v) is 16.4. The highest BCUT2D eigenvalue weighted by atomic mass is 19.4. The Bertz CT molecular complexity index is 820. The van der Waals surface area contributed by atoms with E-state index in [0.717, 1.165) is 19.3 Å². The Balaban J connectivity index is 1.43. The number of alkyl halides is 3. The summed E-state index contributed by atoms with van der Waals surface area (Å²) < 4.78 is 47.3. The molecule has 2 heterocycles. The van der Waals surface area contributed by atoms with Crippen LogP contribution in [-0.4, -0.2) is 42.0 Å². The molecule has 0 aliphatic carbocycles. The van der Waals surface area contributed by atoms with Gasteiger partial charge in [-0.1, -0.05) is 24.2 Å². The van der Waals surface area contributed by atoms with Gasteiger partial charge >= 0.3 is 12.1 Å². The number of hydrogen-bond donors (Lipinski definition) is 2. The minimum atomic E-state index is -4.70. The number of aromatic nitrogens is 2. The van der Waals surface area contributed by atoms with Gasteiger partial charge in [-0.2, -0.15) is 23.6 Å². The molecule has 0 saturated carbocycles. The van der Waals surface area contributed by atoms with Crippen molar-refractivity contribution in [2.45, 2.75) is 38.7 Å². The summed E-state index contributed by atoms with van der Waals surface area (Å²) in [4.78, 5) is 21.0. The van der Waals surface area contributed by atoms with Crippen LogP contribution in [0.3, 0.4) is 0 Å². The summed E-state index contributed by atoms with van der Waals surface area (Å²) in [6.45, 7) is 3.61. The summed E-state index contributed by atoms with van der Waals surface area (Å²) in [6.07, 6.45) is -1.95. The molecule has 2 N–H and O–H groups in total. The highest BCUT2D eigenvalue weighted by Crippen LogP contribution is 2.29. The highest BCUT2D eigenvalue weighted by molar-refractivity contribution is 5.94. The third kappa shape index (κ3) is 6.25. The van der Waals surface area contributed by atoms with Gasteiger partial charge in [-0.3, -0.25) is 9.63 Å². The maximum atomic E-state index is 12.5. The first-order valence-corrected chi connectivity index (χ1v) is 9.62. The lowest BCUT2D eigenvalue weighted by atomic mass is 10.1. The summed E-state index contributed by atoms with van der Waals surface area (Å²) in [5, 5.41) is 6.12. The normalized spacial score (nSPS) is 18.2. The van der Waals surface area contributed by atoms with E-state index in [2.05, 4.69) is 25.5 Å². The molecule has 11 heteroatoms. The van der Waals surface area contributed by atoms with E-state index in [0.29, 0.717) is 30.8 Å². The second-order valence-electron chi connectivity index (χ2n) is 7.08. The predicted molar refractivity (Wildman–Crippen MR) is 98.9 cm³/mol. The first kappa shape index (κ1) is 22.2. The number of nitrogens with one attached hydrogen (secondary N) is 2. The molecule has 30 heavy (non-hydrogen) atoms. The number of benzene rings is 1. The summed E-state index contributed by atoms with van der Waals surface area (Å²) in [5.74, 6) is -1.80. The van der Waals surface area contributed by atoms with Crippen molar-refractivity contribution in [3.63, 3.8) is 0 Å². The third-order valence-corrected chi connectivity index (χ3v) is 4.47. The lowest BCUT2D eigenvalue weighted by molar-refractivity contribution is -0.197. The fraction of sp³-hybridized carbons (Fsp3) is 0.526. The van der Waals surface area contributed by atoms with E-state index in [1.165, 1.54) is 24.3 Å². The largest absolute Gasteiger partial charge is 0.471 e. The second-order valence-corrected chi connectivity index (χ2v) is 7.08. The number of carbonyl (C=O) groups excluding carboxylic acids is 1. The van der Waals surface area contributed by atoms with Crippen molar-refractivity contribution in [2.75, 3.05) is 19.7 Å². The maximum Gasteiger partial charge on any atom is 0.471 e. The molecular formula is C19H23F3N4O4. The molecule has 2 unspecified atom stereocenters. The molecule has 1 aliphatic heterocycles. The number of hydrogen-bond acceptors (Lipinski definition) is 7. The van der Waals surface area contributed by atoms with Gasteiger partial charge in [-0.05, 0) is 30.9 Å². The molecule has 1 saturated heterocycles. The first-order chi connectivity index (χ1) is 14.3. The monoisotopic (exact) mass is 428 g/mol. The van der Waals surface area contributed by atoms with Crippen LogP contribution >= 0.6 is 0 Å². The topological polar surface area (TPSA) is 98.5 Å². The Morgan fingerprint density at radius 3 is 2.67 bits per heavy atom. The van der Waals surface area contributed by atoms with Gasteiger partial charge in [0.25, 0.3) is 5.91 Å². The highest BCUT2D eigenvalue weighted by Gasteiger charge is 2.38. The van der Waals surface area contributed by atoms with Gasteiger partial charge in [0.1, 0.15) is 0 Å². The number of halogens is 3. The number of ether oxygens (including phenoxy) is 1. The average molecular weight is 428 g/mol. The van der Waals surface area contributed by atoms with E-state index in [1.807, 2.05) is 6.92 Å². The van der Waals surface area contributed by atoms with Crippen molar-refractivity contribution in [3.8, 4) is 11.4 Å². The van der Waals surface area contributed by atoms with Crippen molar-refractivity contribution in [3.05, 3.63) is 35.7 Å². The van der Waals surface area contributed by atoms with Crippen LogP contribution in [0.15, 0.2) is 28.8 Å². The van der Waals surface area contributed by atoms with Crippen LogP contribution in [0.1, 0.15) is 42.4 Å². The van der Waals surface area contributed by atoms with Gasteiger partial charge in [-0.25, -0.2) is 0 Å². The molecule has 2 atom stereocenters. The van der Waals surface area contributed by atoms with Gasteiger partial charge in [-0.15, -0.1) is 0 Å². The Hall–Kier alpha value is -2.50. The molecule has 164 valence electrons. The number of hydroxylamine groups is 1. The van der Waals surface area contributed by atoms with Gasteiger partial charge in [0.2, 0.25) is 5.82 Å². The molecule has 1 fully saturated rings. The molecule has 0 spiro atoms. The van der Waals surface area contributed by atoms with Crippen molar-refractivity contribution >= 4 is 5.91 Å². The maximum absolute atomic E-state index is 12.5. The van der Waals surface area contributed by atoms with E-state index in [-0.39, 0.29) is 23.9 Å². The molecule has 0 bridgehead atoms.